The van der Waals surface area contributed by atoms with Crippen LogP contribution in [-0.2, 0) is 6.42 Å². The van der Waals surface area contributed by atoms with Crippen molar-refractivity contribution in [3.63, 3.8) is 0 Å². The fourth-order valence-corrected chi connectivity index (χ4v) is 2.91. The summed E-state index contributed by atoms with van der Waals surface area (Å²) in [5.74, 6) is 0.947. The second kappa shape index (κ2) is 4.35. The lowest BCUT2D eigenvalue weighted by Crippen LogP contribution is -2.31. The van der Waals surface area contributed by atoms with Gasteiger partial charge in [0.15, 0.2) is 0 Å². The topological polar surface area (TPSA) is 22.1 Å². The molecule has 0 saturated carbocycles. The van der Waals surface area contributed by atoms with Crippen molar-refractivity contribution in [1.29, 1.82) is 0 Å². The Kier molecular flexibility index (Phi) is 3.02. The average molecular weight is 341 g/mol. The minimum atomic E-state index is -0.561. The van der Waals surface area contributed by atoms with Crippen molar-refractivity contribution in [2.24, 2.45) is 0 Å². The first-order valence-corrected chi connectivity index (χ1v) is 7.47. The zero-order valence-corrected chi connectivity index (χ0v) is 13.5. The van der Waals surface area contributed by atoms with Crippen molar-refractivity contribution in [2.75, 3.05) is 0 Å². The molecule has 4 heteroatoms. The molecule has 2 heterocycles. The van der Waals surface area contributed by atoms with Crippen LogP contribution >= 0.6 is 27.5 Å². The van der Waals surface area contributed by atoms with Gasteiger partial charge in [-0.25, -0.2) is 0 Å². The largest absolute Gasteiger partial charge is 0.486 e. The van der Waals surface area contributed by atoms with Crippen LogP contribution in [-0.4, -0.2) is 14.9 Å². The van der Waals surface area contributed by atoms with Gasteiger partial charge in [0.25, 0.3) is 0 Å². The van der Waals surface area contributed by atoms with E-state index in [-0.39, 0.29) is 6.10 Å². The Hall–Kier alpha value is -0.800. The maximum Gasteiger partial charge on any atom is 0.134 e. The highest BCUT2D eigenvalue weighted by Crippen LogP contribution is 2.43. The number of pyridine rings is 1. The van der Waals surface area contributed by atoms with Crippen LogP contribution in [0, 0.1) is 13.8 Å². The molecule has 1 aliphatic heterocycles. The second-order valence-electron chi connectivity index (χ2n) is 5.29. The number of ether oxygens (including phenoxy) is 1. The Morgan fingerprint density at radius 2 is 2.16 bits per heavy atom. The zero-order valence-electron chi connectivity index (χ0n) is 11.1. The summed E-state index contributed by atoms with van der Waals surface area (Å²) in [6.07, 6.45) is 0.722. The van der Waals surface area contributed by atoms with Crippen molar-refractivity contribution in [3.05, 3.63) is 35.0 Å². The molecule has 0 amide bonds. The molecule has 2 aromatic rings. The molecule has 1 aromatic carbocycles. The van der Waals surface area contributed by atoms with Gasteiger partial charge in [0.1, 0.15) is 15.6 Å². The number of alkyl halides is 2. The Morgan fingerprint density at radius 3 is 2.84 bits per heavy atom. The van der Waals surface area contributed by atoms with Crippen LogP contribution < -0.4 is 4.74 Å². The van der Waals surface area contributed by atoms with Gasteiger partial charge in [0, 0.05) is 23.1 Å². The van der Waals surface area contributed by atoms with Gasteiger partial charge in [-0.2, -0.15) is 0 Å². The fourth-order valence-electron chi connectivity index (χ4n) is 2.53. The molecule has 0 bridgehead atoms. The maximum atomic E-state index is 6.34. The molecule has 1 aromatic heterocycles. The van der Waals surface area contributed by atoms with Gasteiger partial charge in [0.2, 0.25) is 0 Å². The summed E-state index contributed by atoms with van der Waals surface area (Å²) in [5.41, 5.74) is 4.39. The predicted octanol–water partition coefficient (Wildman–Crippen LogP) is 4.51. The highest BCUT2D eigenvalue weighted by atomic mass is 79.9. The summed E-state index contributed by atoms with van der Waals surface area (Å²) in [7, 11) is 0. The van der Waals surface area contributed by atoms with Gasteiger partial charge in [-0.05, 0) is 32.9 Å². The number of halogens is 2. The molecule has 0 spiro atoms. The van der Waals surface area contributed by atoms with E-state index in [2.05, 4.69) is 40.0 Å². The Bertz CT molecular complexity index is 663. The summed E-state index contributed by atoms with van der Waals surface area (Å²) in [5, 5.41) is 1.08. The Morgan fingerprint density at radius 1 is 1.42 bits per heavy atom. The van der Waals surface area contributed by atoms with Gasteiger partial charge in [-0.15, -0.1) is 11.6 Å². The summed E-state index contributed by atoms with van der Waals surface area (Å²) in [6, 6.07) is 6.25. The first kappa shape index (κ1) is 13.2. The van der Waals surface area contributed by atoms with Crippen molar-refractivity contribution >= 4 is 38.4 Å². The van der Waals surface area contributed by atoms with E-state index in [4.69, 9.17) is 16.3 Å². The fraction of sp³-hybridized carbons (Fsp3) is 0.400. The smallest absolute Gasteiger partial charge is 0.134 e. The predicted molar refractivity (Wildman–Crippen MR) is 82.5 cm³/mol. The second-order valence-corrected chi connectivity index (χ2v) is 8.18. The summed E-state index contributed by atoms with van der Waals surface area (Å²) < 4.78 is 5.54. The van der Waals surface area contributed by atoms with E-state index in [1.54, 1.807) is 0 Å². The molecule has 0 aliphatic carbocycles. The van der Waals surface area contributed by atoms with E-state index < -0.39 is 3.78 Å². The van der Waals surface area contributed by atoms with Crippen molar-refractivity contribution in [1.82, 2.24) is 4.98 Å². The minimum Gasteiger partial charge on any atom is -0.486 e. The molecular weight excluding hydrogens is 326 g/mol. The van der Waals surface area contributed by atoms with E-state index in [1.165, 1.54) is 11.1 Å². The van der Waals surface area contributed by atoms with Crippen LogP contribution in [0.2, 0.25) is 0 Å². The number of fused-ring (bicyclic) bond motifs is 3. The lowest BCUT2D eigenvalue weighted by Gasteiger charge is -2.21. The first-order valence-electron chi connectivity index (χ1n) is 6.30. The number of hydrogen-bond donors (Lipinski definition) is 0. The Labute approximate surface area is 126 Å². The quantitative estimate of drug-likeness (QED) is 0.713. The SMILES string of the molecule is Cc1ccc2nc(C)c3c(c2c1)O[C@H]([C@](C)(Cl)Br)C3. The molecule has 19 heavy (non-hydrogen) atoms. The van der Waals surface area contributed by atoms with Gasteiger partial charge >= 0.3 is 0 Å². The summed E-state index contributed by atoms with van der Waals surface area (Å²) >= 11 is 9.82. The molecule has 2 atom stereocenters. The van der Waals surface area contributed by atoms with E-state index >= 15 is 0 Å². The van der Waals surface area contributed by atoms with Crippen LogP contribution in [0.3, 0.4) is 0 Å². The number of benzene rings is 1. The van der Waals surface area contributed by atoms with E-state index in [1.807, 2.05) is 19.9 Å². The van der Waals surface area contributed by atoms with Gasteiger partial charge in [0.05, 0.1) is 5.52 Å². The van der Waals surface area contributed by atoms with Crippen LogP contribution in [0.25, 0.3) is 10.9 Å². The number of rotatable bonds is 1. The number of aryl methyl sites for hydroxylation is 2. The molecule has 2 nitrogen and oxygen atoms in total. The lowest BCUT2D eigenvalue weighted by molar-refractivity contribution is 0.225. The maximum absolute atomic E-state index is 6.34. The standard InChI is InChI=1S/C15H15BrClNO/c1-8-4-5-12-11(6-8)14-10(9(2)18-12)7-13(19-14)15(3,16)17/h4-6,13H,7H2,1-3H3/t13-,15-/m0/s1. The minimum absolute atomic E-state index is 0.0734. The molecule has 0 unspecified atom stereocenters. The van der Waals surface area contributed by atoms with E-state index in [0.29, 0.717) is 0 Å². The third kappa shape index (κ3) is 2.23. The lowest BCUT2D eigenvalue weighted by atomic mass is 10.0. The number of aromatic nitrogens is 1. The normalized spacial score (nSPS) is 21.0. The zero-order chi connectivity index (χ0) is 13.8. The van der Waals surface area contributed by atoms with E-state index in [9.17, 15) is 0 Å². The number of hydrogen-bond acceptors (Lipinski definition) is 2. The molecule has 0 radical (unpaired) electrons. The summed E-state index contributed by atoms with van der Waals surface area (Å²) in [6.45, 7) is 6.03. The van der Waals surface area contributed by atoms with Gasteiger partial charge in [-0.1, -0.05) is 27.6 Å². The van der Waals surface area contributed by atoms with Gasteiger partial charge in [-0.3, -0.25) is 4.98 Å². The van der Waals surface area contributed by atoms with Crippen molar-refractivity contribution < 1.29 is 4.74 Å². The average Bonchev–Trinajstić information content (AvgIpc) is 2.76. The Balaban J connectivity index is 2.20. The third-order valence-corrected chi connectivity index (χ3v) is 4.36. The van der Waals surface area contributed by atoms with Crippen LogP contribution in [0.1, 0.15) is 23.7 Å². The third-order valence-electron chi connectivity index (χ3n) is 3.61. The number of nitrogens with zero attached hydrogens (tertiary/aromatic N) is 1. The highest BCUT2D eigenvalue weighted by Gasteiger charge is 2.38. The highest BCUT2D eigenvalue weighted by molar-refractivity contribution is 9.10. The molecule has 3 rings (SSSR count). The van der Waals surface area contributed by atoms with Gasteiger partial charge < -0.3 is 4.74 Å². The molecular formula is C15H15BrClNO. The van der Waals surface area contributed by atoms with E-state index in [0.717, 1.165) is 28.8 Å². The van der Waals surface area contributed by atoms with Crippen molar-refractivity contribution in [2.45, 2.75) is 37.1 Å². The molecule has 100 valence electrons. The molecule has 1 aliphatic rings. The molecule has 0 fully saturated rings. The summed E-state index contributed by atoms with van der Waals surface area (Å²) in [4.78, 5) is 4.67. The van der Waals surface area contributed by atoms with Crippen LogP contribution in [0.4, 0.5) is 0 Å². The van der Waals surface area contributed by atoms with Crippen molar-refractivity contribution in [3.8, 4) is 5.75 Å². The van der Waals surface area contributed by atoms with Crippen LogP contribution in [0.15, 0.2) is 18.2 Å². The molecule has 0 N–H and O–H groups in total. The monoisotopic (exact) mass is 339 g/mol. The molecule has 0 saturated heterocycles. The first-order chi connectivity index (χ1) is 8.86. The van der Waals surface area contributed by atoms with Crippen LogP contribution in [0.5, 0.6) is 5.75 Å².